The van der Waals surface area contributed by atoms with E-state index < -0.39 is 11.9 Å². The monoisotopic (exact) mass is 251 g/mol. The Morgan fingerprint density at radius 1 is 1.39 bits per heavy atom. The molecule has 0 aromatic heterocycles. The van der Waals surface area contributed by atoms with Crippen LogP contribution < -0.4 is 21.1 Å². The van der Waals surface area contributed by atoms with Gasteiger partial charge in [0, 0.05) is 12.1 Å². The lowest BCUT2D eigenvalue weighted by atomic mass is 10.1. The number of nitrogens with one attached hydrogen (secondary N) is 2. The lowest BCUT2D eigenvalue weighted by Crippen LogP contribution is -2.38. The molecule has 98 valence electrons. The highest BCUT2D eigenvalue weighted by Crippen LogP contribution is 2.23. The molecule has 0 saturated carbocycles. The molecule has 6 heteroatoms. The number of benzene rings is 1. The fourth-order valence-corrected chi connectivity index (χ4v) is 1.56. The number of nitrogens with two attached hydrogens (primary N) is 1. The SMILES string of the molecule is CNCc1cccc(C)c1OCC(=O)NC(N)=O. The van der Waals surface area contributed by atoms with E-state index in [9.17, 15) is 9.59 Å². The predicted octanol–water partition coefficient (Wildman–Crippen LogP) is 0.288. The lowest BCUT2D eigenvalue weighted by Gasteiger charge is -2.13. The smallest absolute Gasteiger partial charge is 0.318 e. The van der Waals surface area contributed by atoms with Crippen LogP contribution in [0, 0.1) is 6.92 Å². The highest BCUT2D eigenvalue weighted by atomic mass is 16.5. The number of aryl methyl sites for hydroxylation is 1. The van der Waals surface area contributed by atoms with Gasteiger partial charge in [0.25, 0.3) is 5.91 Å². The summed E-state index contributed by atoms with van der Waals surface area (Å²) in [5.41, 5.74) is 6.71. The van der Waals surface area contributed by atoms with Gasteiger partial charge in [0.15, 0.2) is 6.61 Å². The average Bonchev–Trinajstić information content (AvgIpc) is 2.27. The topological polar surface area (TPSA) is 93.4 Å². The summed E-state index contributed by atoms with van der Waals surface area (Å²) in [4.78, 5) is 21.7. The molecule has 0 saturated heterocycles. The molecule has 0 heterocycles. The van der Waals surface area contributed by atoms with E-state index in [4.69, 9.17) is 10.5 Å². The van der Waals surface area contributed by atoms with Gasteiger partial charge in [0.2, 0.25) is 0 Å². The molecule has 18 heavy (non-hydrogen) atoms. The molecular formula is C12H17N3O3. The molecule has 0 bridgehead atoms. The van der Waals surface area contributed by atoms with E-state index in [2.05, 4.69) is 5.32 Å². The minimum Gasteiger partial charge on any atom is -0.483 e. The first-order valence-electron chi connectivity index (χ1n) is 5.49. The van der Waals surface area contributed by atoms with E-state index in [1.165, 1.54) is 0 Å². The van der Waals surface area contributed by atoms with Crippen LogP contribution in [-0.4, -0.2) is 25.6 Å². The van der Waals surface area contributed by atoms with Crippen LogP contribution in [0.2, 0.25) is 0 Å². The number of hydrogen-bond acceptors (Lipinski definition) is 4. The first kappa shape index (κ1) is 14.0. The maximum atomic E-state index is 11.3. The summed E-state index contributed by atoms with van der Waals surface area (Å²) in [6.45, 7) is 2.28. The molecule has 0 aliphatic carbocycles. The molecule has 0 aliphatic rings. The van der Waals surface area contributed by atoms with Crippen LogP contribution in [0.3, 0.4) is 0 Å². The third-order valence-corrected chi connectivity index (χ3v) is 2.27. The van der Waals surface area contributed by atoms with Crippen LogP contribution in [0.1, 0.15) is 11.1 Å². The number of primary amides is 1. The van der Waals surface area contributed by atoms with Crippen molar-refractivity contribution in [2.75, 3.05) is 13.7 Å². The highest BCUT2D eigenvalue weighted by molar-refractivity contribution is 5.94. The van der Waals surface area contributed by atoms with Crippen LogP contribution >= 0.6 is 0 Å². The Kier molecular flexibility index (Phi) is 5.13. The van der Waals surface area contributed by atoms with Gasteiger partial charge in [-0.25, -0.2) is 4.79 Å². The van der Waals surface area contributed by atoms with Crippen LogP contribution in [-0.2, 0) is 11.3 Å². The Morgan fingerprint density at radius 2 is 2.11 bits per heavy atom. The van der Waals surface area contributed by atoms with Gasteiger partial charge in [-0.05, 0) is 19.5 Å². The average molecular weight is 251 g/mol. The standard InChI is InChI=1S/C12H17N3O3/c1-8-4-3-5-9(6-14-2)11(8)18-7-10(16)15-12(13)17/h3-5,14H,6-7H2,1-2H3,(H3,13,15,16,17). The summed E-state index contributed by atoms with van der Waals surface area (Å²) >= 11 is 0. The normalized spacial score (nSPS) is 9.89. The minimum absolute atomic E-state index is 0.246. The summed E-state index contributed by atoms with van der Waals surface area (Å²) in [6.07, 6.45) is 0. The third kappa shape index (κ3) is 4.06. The molecule has 0 unspecified atom stereocenters. The van der Waals surface area contributed by atoms with Crippen molar-refractivity contribution in [2.24, 2.45) is 5.73 Å². The van der Waals surface area contributed by atoms with Crippen molar-refractivity contribution in [3.05, 3.63) is 29.3 Å². The largest absolute Gasteiger partial charge is 0.483 e. The van der Waals surface area contributed by atoms with E-state index >= 15 is 0 Å². The number of imide groups is 1. The minimum atomic E-state index is -0.885. The summed E-state index contributed by atoms with van der Waals surface area (Å²) in [5, 5.41) is 4.96. The molecule has 1 rings (SSSR count). The van der Waals surface area contributed by atoms with E-state index in [0.717, 1.165) is 11.1 Å². The fraction of sp³-hybridized carbons (Fsp3) is 0.333. The lowest BCUT2D eigenvalue weighted by molar-refractivity contribution is -0.121. The Balaban J connectivity index is 2.71. The van der Waals surface area contributed by atoms with Crippen molar-refractivity contribution in [3.8, 4) is 5.75 Å². The van der Waals surface area contributed by atoms with Gasteiger partial charge in [-0.3, -0.25) is 10.1 Å². The Morgan fingerprint density at radius 3 is 2.72 bits per heavy atom. The first-order chi connectivity index (χ1) is 8.54. The van der Waals surface area contributed by atoms with Gasteiger partial charge in [-0.2, -0.15) is 0 Å². The van der Waals surface area contributed by atoms with Crippen LogP contribution in [0.25, 0.3) is 0 Å². The van der Waals surface area contributed by atoms with Crippen LogP contribution in [0.4, 0.5) is 4.79 Å². The zero-order valence-corrected chi connectivity index (χ0v) is 10.4. The van der Waals surface area contributed by atoms with Crippen molar-refractivity contribution in [1.29, 1.82) is 0 Å². The number of urea groups is 1. The number of amides is 3. The fourth-order valence-electron chi connectivity index (χ4n) is 1.56. The number of hydrogen-bond donors (Lipinski definition) is 3. The second kappa shape index (κ2) is 6.61. The maximum absolute atomic E-state index is 11.3. The zero-order valence-electron chi connectivity index (χ0n) is 10.4. The van der Waals surface area contributed by atoms with Crippen LogP contribution in [0.5, 0.6) is 5.75 Å². The summed E-state index contributed by atoms with van der Waals surface area (Å²) in [6, 6.07) is 4.83. The Hall–Kier alpha value is -2.08. The summed E-state index contributed by atoms with van der Waals surface area (Å²) < 4.78 is 5.42. The van der Waals surface area contributed by atoms with Crippen molar-refractivity contribution in [3.63, 3.8) is 0 Å². The molecular weight excluding hydrogens is 234 g/mol. The molecule has 0 atom stereocenters. The van der Waals surface area contributed by atoms with Crippen molar-refractivity contribution >= 4 is 11.9 Å². The summed E-state index contributed by atoms with van der Waals surface area (Å²) in [5.74, 6) is 0.0765. The molecule has 3 amide bonds. The van der Waals surface area contributed by atoms with Gasteiger partial charge < -0.3 is 15.8 Å². The highest BCUT2D eigenvalue weighted by Gasteiger charge is 2.10. The van der Waals surface area contributed by atoms with Gasteiger partial charge >= 0.3 is 6.03 Å². The molecule has 0 fully saturated rings. The molecule has 1 aromatic carbocycles. The number of para-hydroxylation sites is 1. The van der Waals surface area contributed by atoms with Crippen molar-refractivity contribution in [1.82, 2.24) is 10.6 Å². The second-order valence-corrected chi connectivity index (χ2v) is 3.79. The maximum Gasteiger partial charge on any atom is 0.318 e. The third-order valence-electron chi connectivity index (χ3n) is 2.27. The quantitative estimate of drug-likeness (QED) is 0.701. The summed E-state index contributed by atoms with van der Waals surface area (Å²) in [7, 11) is 1.83. The van der Waals surface area contributed by atoms with Gasteiger partial charge in [0.1, 0.15) is 5.75 Å². The number of carbonyl (C=O) groups is 2. The van der Waals surface area contributed by atoms with E-state index in [-0.39, 0.29) is 6.61 Å². The molecule has 0 spiro atoms. The van der Waals surface area contributed by atoms with E-state index in [0.29, 0.717) is 12.3 Å². The molecule has 6 nitrogen and oxygen atoms in total. The molecule has 0 radical (unpaired) electrons. The van der Waals surface area contributed by atoms with Gasteiger partial charge in [-0.1, -0.05) is 18.2 Å². The first-order valence-corrected chi connectivity index (χ1v) is 5.49. The molecule has 1 aromatic rings. The van der Waals surface area contributed by atoms with Crippen molar-refractivity contribution < 1.29 is 14.3 Å². The number of carbonyl (C=O) groups excluding carboxylic acids is 2. The Bertz CT molecular complexity index is 446. The molecule has 0 aliphatic heterocycles. The Labute approximate surface area is 105 Å². The van der Waals surface area contributed by atoms with Gasteiger partial charge in [0.05, 0.1) is 0 Å². The molecule has 4 N–H and O–H groups in total. The predicted molar refractivity (Wildman–Crippen MR) is 67.2 cm³/mol. The van der Waals surface area contributed by atoms with Crippen LogP contribution in [0.15, 0.2) is 18.2 Å². The van der Waals surface area contributed by atoms with Crippen molar-refractivity contribution in [2.45, 2.75) is 13.5 Å². The zero-order chi connectivity index (χ0) is 13.5. The van der Waals surface area contributed by atoms with E-state index in [1.807, 2.05) is 37.5 Å². The van der Waals surface area contributed by atoms with E-state index in [1.54, 1.807) is 0 Å². The van der Waals surface area contributed by atoms with Gasteiger partial charge in [-0.15, -0.1) is 0 Å². The second-order valence-electron chi connectivity index (χ2n) is 3.79. The number of ether oxygens (including phenoxy) is 1. The number of rotatable bonds is 5.